The number of aromatic nitrogens is 3. The Morgan fingerprint density at radius 2 is 2.09 bits per heavy atom. The number of H-pyrrole nitrogens is 1. The Bertz CT molecular complexity index is 877. The summed E-state index contributed by atoms with van der Waals surface area (Å²) in [7, 11) is 1.63. The van der Waals surface area contributed by atoms with Gasteiger partial charge in [-0.1, -0.05) is 0 Å². The normalized spacial score (nSPS) is 11.7. The van der Waals surface area contributed by atoms with Crippen LogP contribution in [0.15, 0.2) is 29.3 Å². The molecule has 0 unspecified atom stereocenters. The fraction of sp³-hybridized carbons (Fsp3) is 0.412. The SMILES string of the molecule is CC[NH+](CC)CCn1cnc2c([nH]c3ccc(OC)cc32)c1=O. The van der Waals surface area contributed by atoms with Crippen molar-refractivity contribution in [1.29, 1.82) is 0 Å². The Kier molecular flexibility index (Phi) is 4.34. The molecule has 3 rings (SSSR count). The number of fused-ring (bicyclic) bond motifs is 3. The number of quaternary nitrogens is 1. The zero-order chi connectivity index (χ0) is 16.4. The van der Waals surface area contributed by atoms with Crippen molar-refractivity contribution < 1.29 is 9.64 Å². The monoisotopic (exact) mass is 315 g/mol. The van der Waals surface area contributed by atoms with Gasteiger partial charge in [0.05, 0.1) is 39.6 Å². The third-order valence-corrected chi connectivity index (χ3v) is 4.49. The quantitative estimate of drug-likeness (QED) is 0.707. The van der Waals surface area contributed by atoms with Crippen LogP contribution in [0.3, 0.4) is 0 Å². The summed E-state index contributed by atoms with van der Waals surface area (Å²) in [4.78, 5) is 21.9. The van der Waals surface area contributed by atoms with Crippen LogP contribution in [0.25, 0.3) is 21.9 Å². The van der Waals surface area contributed by atoms with E-state index in [2.05, 4.69) is 23.8 Å². The molecule has 0 saturated heterocycles. The maximum Gasteiger partial charge on any atom is 0.277 e. The second-order valence-electron chi connectivity index (χ2n) is 5.71. The summed E-state index contributed by atoms with van der Waals surface area (Å²) in [6.45, 7) is 8.05. The molecule has 6 nitrogen and oxygen atoms in total. The van der Waals surface area contributed by atoms with Gasteiger partial charge in [-0.2, -0.15) is 0 Å². The second-order valence-corrected chi connectivity index (χ2v) is 5.71. The summed E-state index contributed by atoms with van der Waals surface area (Å²) in [5.74, 6) is 0.759. The molecular weight excluding hydrogens is 292 g/mol. The van der Waals surface area contributed by atoms with E-state index in [0.717, 1.165) is 36.3 Å². The second kappa shape index (κ2) is 6.42. The van der Waals surface area contributed by atoms with Crippen LogP contribution in [0.5, 0.6) is 5.75 Å². The van der Waals surface area contributed by atoms with Crippen molar-refractivity contribution in [2.24, 2.45) is 0 Å². The van der Waals surface area contributed by atoms with E-state index in [0.29, 0.717) is 17.6 Å². The number of hydrogen-bond donors (Lipinski definition) is 2. The first-order valence-electron chi connectivity index (χ1n) is 8.06. The molecular formula is C17H23N4O2+. The number of nitrogens with zero attached hydrogens (tertiary/aromatic N) is 2. The number of aromatic amines is 1. The van der Waals surface area contributed by atoms with Crippen LogP contribution < -0.4 is 15.2 Å². The average Bonchev–Trinajstić information content (AvgIpc) is 2.96. The standard InChI is InChI=1S/C17H22N4O2/c1-4-20(5-2)8-9-21-11-18-15-13-10-12(23-3)6-7-14(13)19-16(15)17(21)22/h6-7,10-11,19H,4-5,8-9H2,1-3H3/p+1. The molecule has 6 heteroatoms. The highest BCUT2D eigenvalue weighted by Gasteiger charge is 2.12. The van der Waals surface area contributed by atoms with Crippen molar-refractivity contribution in [3.05, 3.63) is 34.9 Å². The first kappa shape index (κ1) is 15.6. The van der Waals surface area contributed by atoms with Crippen molar-refractivity contribution >= 4 is 21.9 Å². The first-order chi connectivity index (χ1) is 11.2. The molecule has 0 radical (unpaired) electrons. The average molecular weight is 315 g/mol. The Balaban J connectivity index is 2.02. The smallest absolute Gasteiger partial charge is 0.277 e. The molecule has 0 amide bonds. The summed E-state index contributed by atoms with van der Waals surface area (Å²) >= 11 is 0. The molecule has 0 aliphatic rings. The summed E-state index contributed by atoms with van der Waals surface area (Å²) in [6.07, 6.45) is 1.65. The van der Waals surface area contributed by atoms with Crippen LogP contribution >= 0.6 is 0 Å². The van der Waals surface area contributed by atoms with Crippen LogP contribution in [-0.2, 0) is 6.54 Å². The summed E-state index contributed by atoms with van der Waals surface area (Å²) in [5.41, 5.74) is 2.15. The lowest BCUT2D eigenvalue weighted by molar-refractivity contribution is -0.897. The molecule has 3 aromatic rings. The lowest BCUT2D eigenvalue weighted by Gasteiger charge is -2.15. The van der Waals surface area contributed by atoms with Gasteiger partial charge < -0.3 is 14.6 Å². The maximum absolute atomic E-state index is 12.7. The Morgan fingerprint density at radius 1 is 1.30 bits per heavy atom. The van der Waals surface area contributed by atoms with Gasteiger partial charge in [0.15, 0.2) is 0 Å². The highest BCUT2D eigenvalue weighted by molar-refractivity contribution is 6.04. The minimum Gasteiger partial charge on any atom is -0.497 e. The highest BCUT2D eigenvalue weighted by atomic mass is 16.5. The molecule has 0 aliphatic carbocycles. The van der Waals surface area contributed by atoms with E-state index in [1.54, 1.807) is 18.0 Å². The van der Waals surface area contributed by atoms with Crippen molar-refractivity contribution in [1.82, 2.24) is 14.5 Å². The van der Waals surface area contributed by atoms with Crippen LogP contribution in [0.4, 0.5) is 0 Å². The summed E-state index contributed by atoms with van der Waals surface area (Å²) in [5, 5.41) is 0.915. The minimum atomic E-state index is -0.0169. The van der Waals surface area contributed by atoms with Crippen molar-refractivity contribution in [2.75, 3.05) is 26.7 Å². The minimum absolute atomic E-state index is 0.0169. The molecule has 0 aliphatic heterocycles. The van der Waals surface area contributed by atoms with Crippen LogP contribution in [0, 0.1) is 0 Å². The molecule has 2 N–H and O–H groups in total. The third-order valence-electron chi connectivity index (χ3n) is 4.49. The van der Waals surface area contributed by atoms with E-state index in [9.17, 15) is 4.79 Å². The van der Waals surface area contributed by atoms with E-state index in [4.69, 9.17) is 4.74 Å². The van der Waals surface area contributed by atoms with E-state index < -0.39 is 0 Å². The molecule has 122 valence electrons. The van der Waals surface area contributed by atoms with Gasteiger partial charge in [-0.25, -0.2) is 4.98 Å². The zero-order valence-electron chi connectivity index (χ0n) is 13.8. The van der Waals surface area contributed by atoms with Gasteiger partial charge >= 0.3 is 0 Å². The Labute approximate surface area is 134 Å². The van der Waals surface area contributed by atoms with Gasteiger partial charge in [0.1, 0.15) is 16.8 Å². The van der Waals surface area contributed by atoms with Gasteiger partial charge in [0, 0.05) is 10.9 Å². The number of likely N-dealkylation sites (N-methyl/N-ethyl adjacent to an activating group) is 1. The molecule has 0 fully saturated rings. The van der Waals surface area contributed by atoms with Crippen molar-refractivity contribution in [3.63, 3.8) is 0 Å². The Morgan fingerprint density at radius 3 is 2.78 bits per heavy atom. The molecule has 0 bridgehead atoms. The first-order valence-corrected chi connectivity index (χ1v) is 8.06. The molecule has 1 aromatic carbocycles. The van der Waals surface area contributed by atoms with Crippen molar-refractivity contribution in [3.8, 4) is 5.75 Å². The summed E-state index contributed by atoms with van der Waals surface area (Å²) < 4.78 is 6.95. The Hall–Kier alpha value is -2.34. The molecule has 0 spiro atoms. The van der Waals surface area contributed by atoms with Crippen LogP contribution in [-0.4, -0.2) is 41.3 Å². The van der Waals surface area contributed by atoms with E-state index in [1.165, 1.54) is 4.90 Å². The van der Waals surface area contributed by atoms with Gasteiger partial charge in [0.25, 0.3) is 5.56 Å². The number of benzene rings is 1. The highest BCUT2D eigenvalue weighted by Crippen LogP contribution is 2.25. The lowest BCUT2D eigenvalue weighted by Crippen LogP contribution is -3.11. The van der Waals surface area contributed by atoms with Crippen molar-refractivity contribution in [2.45, 2.75) is 20.4 Å². The lowest BCUT2D eigenvalue weighted by atomic mass is 10.2. The third kappa shape index (κ3) is 2.82. The van der Waals surface area contributed by atoms with Gasteiger partial charge in [-0.15, -0.1) is 0 Å². The van der Waals surface area contributed by atoms with E-state index >= 15 is 0 Å². The number of methoxy groups -OCH3 is 1. The molecule has 0 saturated carbocycles. The predicted octanol–water partition coefficient (Wildman–Crippen LogP) is 0.811. The van der Waals surface area contributed by atoms with Crippen LogP contribution in [0.1, 0.15) is 13.8 Å². The number of hydrogen-bond acceptors (Lipinski definition) is 3. The van der Waals surface area contributed by atoms with Gasteiger partial charge in [-0.05, 0) is 32.0 Å². The molecule has 23 heavy (non-hydrogen) atoms. The van der Waals surface area contributed by atoms with Gasteiger partial charge in [0.2, 0.25) is 0 Å². The molecule has 2 heterocycles. The largest absolute Gasteiger partial charge is 0.497 e. The summed E-state index contributed by atoms with van der Waals surface area (Å²) in [6, 6.07) is 5.70. The predicted molar refractivity (Wildman–Crippen MR) is 91.3 cm³/mol. The topological polar surface area (TPSA) is 64.3 Å². The number of rotatable bonds is 6. The van der Waals surface area contributed by atoms with E-state index in [-0.39, 0.29) is 5.56 Å². The zero-order valence-corrected chi connectivity index (χ0v) is 13.8. The van der Waals surface area contributed by atoms with Gasteiger partial charge in [-0.3, -0.25) is 9.36 Å². The number of nitrogens with one attached hydrogen (secondary N) is 2. The fourth-order valence-electron chi connectivity index (χ4n) is 2.94. The molecule has 0 atom stereocenters. The number of ether oxygens (including phenoxy) is 1. The van der Waals surface area contributed by atoms with Crippen LogP contribution in [0.2, 0.25) is 0 Å². The molecule has 2 aromatic heterocycles. The fourth-order valence-corrected chi connectivity index (χ4v) is 2.94. The van der Waals surface area contributed by atoms with E-state index in [1.807, 2.05) is 18.2 Å². The maximum atomic E-state index is 12.7.